The second-order valence-electron chi connectivity index (χ2n) is 6.42. The molecule has 1 saturated heterocycles. The molecular formula is C16H28N2O. The molecule has 2 aliphatic rings. The maximum atomic E-state index is 12.0. The normalized spacial score (nSPS) is 27.4. The summed E-state index contributed by atoms with van der Waals surface area (Å²) in [4.78, 5) is 12.0. The number of hydrogen-bond acceptors (Lipinski definition) is 2. The van der Waals surface area contributed by atoms with E-state index >= 15 is 0 Å². The molecule has 0 spiro atoms. The molecule has 0 radical (unpaired) electrons. The van der Waals surface area contributed by atoms with Crippen LogP contribution in [0.25, 0.3) is 0 Å². The minimum atomic E-state index is 0.0614. The average molecular weight is 264 g/mol. The number of amides is 1. The minimum absolute atomic E-state index is 0.0614. The second kappa shape index (κ2) is 7.09. The maximum Gasteiger partial charge on any atom is 0.237 e. The van der Waals surface area contributed by atoms with Gasteiger partial charge in [0.05, 0.1) is 6.04 Å². The number of hydrogen-bond donors (Lipinski definition) is 2. The van der Waals surface area contributed by atoms with Crippen LogP contribution < -0.4 is 10.6 Å². The van der Waals surface area contributed by atoms with E-state index in [4.69, 9.17) is 0 Å². The number of carbonyl (C=O) groups excluding carboxylic acids is 1. The lowest BCUT2D eigenvalue weighted by molar-refractivity contribution is -0.123. The van der Waals surface area contributed by atoms with Gasteiger partial charge in [0.2, 0.25) is 5.91 Å². The van der Waals surface area contributed by atoms with E-state index < -0.39 is 0 Å². The molecule has 0 saturated carbocycles. The molecule has 3 heteroatoms. The Morgan fingerprint density at radius 3 is 2.89 bits per heavy atom. The van der Waals surface area contributed by atoms with E-state index in [1.54, 1.807) is 5.57 Å². The van der Waals surface area contributed by atoms with Crippen molar-refractivity contribution in [2.75, 3.05) is 6.54 Å². The molecule has 1 amide bonds. The number of allylic oxidation sites excluding steroid dienone is 1. The van der Waals surface area contributed by atoms with Crippen molar-refractivity contribution in [2.24, 2.45) is 5.92 Å². The Balaban J connectivity index is 1.71. The van der Waals surface area contributed by atoms with Crippen molar-refractivity contribution in [3.8, 4) is 0 Å². The molecule has 19 heavy (non-hydrogen) atoms. The number of nitrogens with one attached hydrogen (secondary N) is 2. The monoisotopic (exact) mass is 264 g/mol. The molecule has 0 unspecified atom stereocenters. The van der Waals surface area contributed by atoms with Crippen molar-refractivity contribution in [3.05, 3.63) is 11.6 Å². The van der Waals surface area contributed by atoms with Gasteiger partial charge in [0.15, 0.2) is 0 Å². The summed E-state index contributed by atoms with van der Waals surface area (Å²) in [7, 11) is 0. The van der Waals surface area contributed by atoms with E-state index in [0.29, 0.717) is 6.04 Å². The standard InChI is InChI=1S/C16H28N2O/c1-12(2)5-6-13-7-9-14(10-8-13)18-16(19)15-4-3-11-17-15/h7,12,14-15,17H,3-6,8-11H2,1-2H3,(H,18,19)/t14-,15-/m0/s1. The van der Waals surface area contributed by atoms with Crippen LogP contribution in [0.3, 0.4) is 0 Å². The molecule has 1 fully saturated rings. The Hall–Kier alpha value is -0.830. The second-order valence-corrected chi connectivity index (χ2v) is 6.42. The van der Waals surface area contributed by atoms with Crippen molar-refractivity contribution in [2.45, 2.75) is 70.9 Å². The molecule has 1 heterocycles. The van der Waals surface area contributed by atoms with Crippen molar-refractivity contribution in [1.29, 1.82) is 0 Å². The van der Waals surface area contributed by atoms with Gasteiger partial charge >= 0.3 is 0 Å². The van der Waals surface area contributed by atoms with Gasteiger partial charge in [-0.2, -0.15) is 0 Å². The summed E-state index contributed by atoms with van der Waals surface area (Å²) in [5, 5.41) is 6.46. The molecule has 0 aromatic carbocycles. The first-order valence-corrected chi connectivity index (χ1v) is 7.87. The highest BCUT2D eigenvalue weighted by molar-refractivity contribution is 5.82. The van der Waals surface area contributed by atoms with Gasteiger partial charge in [0.1, 0.15) is 0 Å². The third kappa shape index (κ3) is 4.64. The van der Waals surface area contributed by atoms with Crippen LogP contribution in [-0.2, 0) is 4.79 Å². The van der Waals surface area contributed by atoms with Gasteiger partial charge in [-0.25, -0.2) is 0 Å². The van der Waals surface area contributed by atoms with Crippen LogP contribution >= 0.6 is 0 Å². The molecular weight excluding hydrogens is 236 g/mol. The molecule has 2 N–H and O–H groups in total. The summed E-state index contributed by atoms with van der Waals surface area (Å²) in [5.41, 5.74) is 1.60. The summed E-state index contributed by atoms with van der Waals surface area (Å²) in [6, 6.07) is 0.420. The third-order valence-corrected chi connectivity index (χ3v) is 4.27. The Morgan fingerprint density at radius 2 is 2.32 bits per heavy atom. The van der Waals surface area contributed by atoms with E-state index in [9.17, 15) is 4.79 Å². The zero-order valence-corrected chi connectivity index (χ0v) is 12.4. The van der Waals surface area contributed by atoms with E-state index in [2.05, 4.69) is 30.6 Å². The summed E-state index contributed by atoms with van der Waals surface area (Å²) < 4.78 is 0. The van der Waals surface area contributed by atoms with E-state index in [1.807, 2.05) is 0 Å². The predicted molar refractivity (Wildman–Crippen MR) is 79.0 cm³/mol. The Labute approximate surface area is 117 Å². The fourth-order valence-electron chi connectivity index (χ4n) is 2.93. The lowest BCUT2D eigenvalue weighted by Crippen LogP contribution is -2.45. The smallest absolute Gasteiger partial charge is 0.237 e. The first-order valence-electron chi connectivity index (χ1n) is 7.87. The molecule has 3 nitrogen and oxygen atoms in total. The Bertz CT molecular complexity index is 330. The average Bonchev–Trinajstić information content (AvgIpc) is 2.92. The predicted octanol–water partition coefficient (Wildman–Crippen LogP) is 2.77. The minimum Gasteiger partial charge on any atom is -0.352 e. The highest BCUT2D eigenvalue weighted by Crippen LogP contribution is 2.23. The molecule has 108 valence electrons. The lowest BCUT2D eigenvalue weighted by Gasteiger charge is -2.24. The van der Waals surface area contributed by atoms with Crippen molar-refractivity contribution in [3.63, 3.8) is 0 Å². The van der Waals surface area contributed by atoms with Gasteiger partial charge in [0, 0.05) is 6.04 Å². The number of carbonyl (C=O) groups is 1. The molecule has 1 aliphatic carbocycles. The third-order valence-electron chi connectivity index (χ3n) is 4.27. The van der Waals surface area contributed by atoms with Gasteiger partial charge in [0.25, 0.3) is 0 Å². The topological polar surface area (TPSA) is 41.1 Å². The van der Waals surface area contributed by atoms with Crippen LogP contribution in [0.15, 0.2) is 11.6 Å². The first kappa shape index (κ1) is 14.6. The Kier molecular flexibility index (Phi) is 5.44. The van der Waals surface area contributed by atoms with Crippen LogP contribution in [0.1, 0.15) is 58.8 Å². The van der Waals surface area contributed by atoms with Crippen molar-refractivity contribution in [1.82, 2.24) is 10.6 Å². The van der Waals surface area contributed by atoms with Crippen molar-refractivity contribution < 1.29 is 4.79 Å². The molecule has 0 aromatic rings. The highest BCUT2D eigenvalue weighted by Gasteiger charge is 2.24. The van der Waals surface area contributed by atoms with E-state index in [1.165, 1.54) is 12.8 Å². The summed E-state index contributed by atoms with van der Waals surface area (Å²) in [6.07, 6.45) is 10.3. The van der Waals surface area contributed by atoms with Crippen LogP contribution in [0.4, 0.5) is 0 Å². The molecule has 0 aromatic heterocycles. The molecule has 1 aliphatic heterocycles. The van der Waals surface area contributed by atoms with Crippen LogP contribution in [0.5, 0.6) is 0 Å². The van der Waals surface area contributed by atoms with Gasteiger partial charge < -0.3 is 10.6 Å². The quantitative estimate of drug-likeness (QED) is 0.750. The van der Waals surface area contributed by atoms with Crippen molar-refractivity contribution >= 4 is 5.91 Å². The molecule has 0 bridgehead atoms. The van der Waals surface area contributed by atoms with Crippen LogP contribution in [0, 0.1) is 5.92 Å². The summed E-state index contributed by atoms with van der Waals surface area (Å²) in [6.45, 7) is 5.55. The van der Waals surface area contributed by atoms with Gasteiger partial charge in [-0.05, 0) is 57.4 Å². The zero-order chi connectivity index (χ0) is 13.7. The highest BCUT2D eigenvalue weighted by atomic mass is 16.2. The fourth-order valence-corrected chi connectivity index (χ4v) is 2.93. The van der Waals surface area contributed by atoms with E-state index in [-0.39, 0.29) is 11.9 Å². The SMILES string of the molecule is CC(C)CCC1=CC[C@H](NC(=O)[C@@H]2CCCN2)CC1. The summed E-state index contributed by atoms with van der Waals surface area (Å²) in [5.74, 6) is 0.994. The Morgan fingerprint density at radius 1 is 1.47 bits per heavy atom. The van der Waals surface area contributed by atoms with Gasteiger partial charge in [-0.1, -0.05) is 25.5 Å². The number of rotatable bonds is 5. The van der Waals surface area contributed by atoms with Crippen LogP contribution in [-0.4, -0.2) is 24.5 Å². The zero-order valence-electron chi connectivity index (χ0n) is 12.4. The fraction of sp³-hybridized carbons (Fsp3) is 0.812. The van der Waals surface area contributed by atoms with Gasteiger partial charge in [-0.15, -0.1) is 0 Å². The maximum absolute atomic E-state index is 12.0. The summed E-state index contributed by atoms with van der Waals surface area (Å²) >= 11 is 0. The molecule has 2 atom stereocenters. The van der Waals surface area contributed by atoms with E-state index in [0.717, 1.165) is 44.6 Å². The van der Waals surface area contributed by atoms with Gasteiger partial charge in [-0.3, -0.25) is 4.79 Å². The molecule has 2 rings (SSSR count). The van der Waals surface area contributed by atoms with Crippen LogP contribution in [0.2, 0.25) is 0 Å². The largest absolute Gasteiger partial charge is 0.352 e. The first-order chi connectivity index (χ1) is 9.15. The lowest BCUT2D eigenvalue weighted by atomic mass is 9.90.